The van der Waals surface area contributed by atoms with Gasteiger partial charge in [-0.25, -0.2) is 0 Å². The molecule has 2 aliphatic rings. The second-order valence-corrected chi connectivity index (χ2v) is 6.37. The summed E-state index contributed by atoms with van der Waals surface area (Å²) in [6.07, 6.45) is 7.04. The van der Waals surface area contributed by atoms with Crippen LogP contribution in [0.5, 0.6) is 5.75 Å². The number of ether oxygens (including phenoxy) is 1. The summed E-state index contributed by atoms with van der Waals surface area (Å²) in [7, 11) is 1.74. The molecule has 0 spiro atoms. The van der Waals surface area contributed by atoms with Crippen molar-refractivity contribution in [2.75, 3.05) is 7.11 Å². The Morgan fingerprint density at radius 1 is 1.05 bits per heavy atom. The molecule has 110 valence electrons. The van der Waals surface area contributed by atoms with E-state index in [1.165, 1.54) is 27.8 Å². The minimum Gasteiger partial charge on any atom is -0.497 e. The van der Waals surface area contributed by atoms with Crippen molar-refractivity contribution < 1.29 is 4.74 Å². The zero-order valence-electron chi connectivity index (χ0n) is 13.1. The van der Waals surface area contributed by atoms with Crippen molar-refractivity contribution in [3.63, 3.8) is 0 Å². The van der Waals surface area contributed by atoms with Crippen LogP contribution in [-0.2, 0) is 5.41 Å². The van der Waals surface area contributed by atoms with E-state index < -0.39 is 0 Å². The number of allylic oxidation sites excluding steroid dienone is 3. The minimum absolute atomic E-state index is 0.101. The molecule has 0 aromatic heterocycles. The first-order chi connectivity index (χ1) is 10.7. The number of methoxy groups -OCH3 is 1. The SMILES string of the molecule is COc1ccc2c(c1)C1(C)CCC=C(c3ccccc3)C1=C2. The normalized spacial score (nSPS) is 22.5. The van der Waals surface area contributed by atoms with Gasteiger partial charge < -0.3 is 4.74 Å². The van der Waals surface area contributed by atoms with Crippen LogP contribution in [0.3, 0.4) is 0 Å². The summed E-state index contributed by atoms with van der Waals surface area (Å²) in [6, 6.07) is 17.2. The van der Waals surface area contributed by atoms with E-state index in [4.69, 9.17) is 4.74 Å². The van der Waals surface area contributed by atoms with E-state index in [0.29, 0.717) is 0 Å². The molecule has 0 radical (unpaired) electrons. The molecular weight excluding hydrogens is 268 g/mol. The Kier molecular flexibility index (Phi) is 2.97. The van der Waals surface area contributed by atoms with Crippen LogP contribution >= 0.6 is 0 Å². The molecule has 0 N–H and O–H groups in total. The molecule has 1 heteroatoms. The fraction of sp³-hybridized carbons (Fsp3) is 0.238. The van der Waals surface area contributed by atoms with Crippen molar-refractivity contribution in [1.82, 2.24) is 0 Å². The van der Waals surface area contributed by atoms with E-state index >= 15 is 0 Å². The summed E-state index contributed by atoms with van der Waals surface area (Å²) < 4.78 is 5.44. The van der Waals surface area contributed by atoms with Crippen molar-refractivity contribution in [3.8, 4) is 5.75 Å². The molecule has 1 atom stereocenters. The van der Waals surface area contributed by atoms with Gasteiger partial charge in [-0.1, -0.05) is 49.4 Å². The van der Waals surface area contributed by atoms with Gasteiger partial charge in [0.25, 0.3) is 0 Å². The highest BCUT2D eigenvalue weighted by Crippen LogP contribution is 2.53. The minimum atomic E-state index is 0.101. The van der Waals surface area contributed by atoms with Gasteiger partial charge in [-0.15, -0.1) is 0 Å². The lowest BCUT2D eigenvalue weighted by Gasteiger charge is -2.34. The smallest absolute Gasteiger partial charge is 0.119 e. The van der Waals surface area contributed by atoms with E-state index in [2.05, 4.69) is 67.6 Å². The van der Waals surface area contributed by atoms with Gasteiger partial charge in [-0.05, 0) is 58.9 Å². The molecule has 0 saturated heterocycles. The molecule has 1 nitrogen and oxygen atoms in total. The molecule has 0 amide bonds. The van der Waals surface area contributed by atoms with Crippen molar-refractivity contribution in [2.45, 2.75) is 25.2 Å². The molecule has 22 heavy (non-hydrogen) atoms. The largest absolute Gasteiger partial charge is 0.497 e. The van der Waals surface area contributed by atoms with Gasteiger partial charge in [0.15, 0.2) is 0 Å². The van der Waals surface area contributed by atoms with E-state index in [0.717, 1.165) is 18.6 Å². The average Bonchev–Trinajstić information content (AvgIpc) is 2.87. The van der Waals surface area contributed by atoms with Crippen LogP contribution in [0.2, 0.25) is 0 Å². The van der Waals surface area contributed by atoms with Gasteiger partial charge in [-0.2, -0.15) is 0 Å². The number of rotatable bonds is 2. The lowest BCUT2D eigenvalue weighted by atomic mass is 9.69. The molecule has 0 heterocycles. The molecule has 1 unspecified atom stereocenters. The Hall–Kier alpha value is -2.28. The molecular formula is C21H20O. The first kappa shape index (κ1) is 13.4. The maximum atomic E-state index is 5.44. The number of fused-ring (bicyclic) bond motifs is 3. The van der Waals surface area contributed by atoms with Gasteiger partial charge in [0.1, 0.15) is 5.75 Å². The predicted molar refractivity (Wildman–Crippen MR) is 92.0 cm³/mol. The monoisotopic (exact) mass is 288 g/mol. The van der Waals surface area contributed by atoms with Gasteiger partial charge in [-0.3, -0.25) is 0 Å². The summed E-state index contributed by atoms with van der Waals surface area (Å²) in [5.41, 5.74) is 7.01. The highest BCUT2D eigenvalue weighted by molar-refractivity contribution is 5.92. The summed E-state index contributed by atoms with van der Waals surface area (Å²) in [5.74, 6) is 0.949. The molecule has 0 bridgehead atoms. The van der Waals surface area contributed by atoms with Crippen molar-refractivity contribution in [2.24, 2.45) is 0 Å². The van der Waals surface area contributed by atoms with E-state index in [1.807, 2.05) is 0 Å². The Balaban J connectivity index is 1.85. The maximum absolute atomic E-state index is 5.44. The summed E-state index contributed by atoms with van der Waals surface area (Å²) >= 11 is 0. The Labute approximate surface area is 131 Å². The topological polar surface area (TPSA) is 9.23 Å². The summed E-state index contributed by atoms with van der Waals surface area (Å²) in [5, 5.41) is 0. The lowest BCUT2D eigenvalue weighted by Crippen LogP contribution is -2.25. The van der Waals surface area contributed by atoms with E-state index in [9.17, 15) is 0 Å². The number of benzene rings is 2. The highest BCUT2D eigenvalue weighted by Gasteiger charge is 2.40. The second-order valence-electron chi connectivity index (χ2n) is 6.37. The van der Waals surface area contributed by atoms with Crippen LogP contribution in [-0.4, -0.2) is 7.11 Å². The quantitative estimate of drug-likeness (QED) is 0.735. The molecule has 4 rings (SSSR count). The second kappa shape index (κ2) is 4.88. The molecule has 2 aromatic carbocycles. The van der Waals surface area contributed by atoms with Crippen LogP contribution in [0, 0.1) is 0 Å². The van der Waals surface area contributed by atoms with Crippen LogP contribution in [0.25, 0.3) is 11.6 Å². The fourth-order valence-electron chi connectivity index (χ4n) is 3.88. The van der Waals surface area contributed by atoms with Crippen LogP contribution < -0.4 is 4.74 Å². The van der Waals surface area contributed by atoms with E-state index in [1.54, 1.807) is 7.11 Å². The fourth-order valence-corrected chi connectivity index (χ4v) is 3.88. The lowest BCUT2D eigenvalue weighted by molar-refractivity contribution is 0.412. The van der Waals surface area contributed by atoms with Crippen molar-refractivity contribution >= 4 is 11.6 Å². The Morgan fingerprint density at radius 3 is 2.64 bits per heavy atom. The first-order valence-corrected chi connectivity index (χ1v) is 7.89. The molecule has 0 aliphatic heterocycles. The van der Waals surface area contributed by atoms with Crippen molar-refractivity contribution in [1.29, 1.82) is 0 Å². The average molecular weight is 288 g/mol. The van der Waals surface area contributed by atoms with Gasteiger partial charge >= 0.3 is 0 Å². The van der Waals surface area contributed by atoms with E-state index in [-0.39, 0.29) is 5.41 Å². The standard InChI is InChI=1S/C21H20O/c1-21-12-6-9-18(15-7-4-3-5-8-15)20(21)13-16-10-11-17(22-2)14-19(16)21/h3-5,7-11,13-14H,6,12H2,1-2H3. The molecule has 2 aromatic rings. The first-order valence-electron chi connectivity index (χ1n) is 7.89. The van der Waals surface area contributed by atoms with Crippen LogP contribution in [0.4, 0.5) is 0 Å². The zero-order valence-corrected chi connectivity index (χ0v) is 13.1. The maximum Gasteiger partial charge on any atom is 0.119 e. The van der Waals surface area contributed by atoms with Gasteiger partial charge in [0.05, 0.1) is 7.11 Å². The molecule has 0 saturated carbocycles. The Bertz CT molecular complexity index is 783. The number of hydrogen-bond donors (Lipinski definition) is 0. The predicted octanol–water partition coefficient (Wildman–Crippen LogP) is 5.23. The van der Waals surface area contributed by atoms with Crippen molar-refractivity contribution in [3.05, 3.63) is 76.9 Å². The molecule has 2 aliphatic carbocycles. The Morgan fingerprint density at radius 2 is 1.86 bits per heavy atom. The summed E-state index contributed by atoms with van der Waals surface area (Å²) in [4.78, 5) is 0. The summed E-state index contributed by atoms with van der Waals surface area (Å²) in [6.45, 7) is 2.38. The number of hydrogen-bond acceptors (Lipinski definition) is 1. The third-order valence-corrected chi connectivity index (χ3v) is 5.12. The third-order valence-electron chi connectivity index (χ3n) is 5.12. The van der Waals surface area contributed by atoms with Crippen LogP contribution in [0.15, 0.2) is 60.2 Å². The highest BCUT2D eigenvalue weighted by atomic mass is 16.5. The molecule has 0 fully saturated rings. The third kappa shape index (κ3) is 1.85. The van der Waals surface area contributed by atoms with Gasteiger partial charge in [0, 0.05) is 5.41 Å². The zero-order chi connectivity index (χ0) is 15.2. The van der Waals surface area contributed by atoms with Gasteiger partial charge in [0.2, 0.25) is 0 Å². The van der Waals surface area contributed by atoms with Crippen LogP contribution in [0.1, 0.15) is 36.5 Å².